The van der Waals surface area contributed by atoms with Crippen LogP contribution in [0.15, 0.2) is 39.8 Å². The Hall–Kier alpha value is -3.42. The van der Waals surface area contributed by atoms with Crippen molar-refractivity contribution in [2.45, 2.75) is 26.3 Å². The molecule has 3 heterocycles. The molecule has 0 bridgehead atoms. The van der Waals surface area contributed by atoms with Gasteiger partial charge in [-0.15, -0.1) is 0 Å². The fourth-order valence-corrected chi connectivity index (χ4v) is 3.49. The Morgan fingerprint density at radius 1 is 1.32 bits per heavy atom. The first-order valence-corrected chi connectivity index (χ1v) is 9.07. The average molecular weight is 380 g/mol. The Morgan fingerprint density at radius 3 is 2.89 bits per heavy atom. The number of nitrogens with zero attached hydrogens (tertiary/aromatic N) is 3. The summed E-state index contributed by atoms with van der Waals surface area (Å²) in [7, 11) is 1.57. The van der Waals surface area contributed by atoms with Gasteiger partial charge < -0.3 is 19.2 Å². The maximum absolute atomic E-state index is 12.9. The molecule has 1 fully saturated rings. The minimum Gasteiger partial charge on any atom is -0.442 e. The fourth-order valence-electron chi connectivity index (χ4n) is 3.49. The molecule has 0 atom stereocenters. The van der Waals surface area contributed by atoms with Gasteiger partial charge in [0.05, 0.1) is 5.56 Å². The Balaban J connectivity index is 1.61. The van der Waals surface area contributed by atoms with E-state index in [2.05, 4.69) is 10.3 Å². The van der Waals surface area contributed by atoms with Crippen molar-refractivity contribution in [1.82, 2.24) is 14.5 Å². The maximum Gasteiger partial charge on any atom is 0.265 e. The van der Waals surface area contributed by atoms with E-state index >= 15 is 0 Å². The Bertz CT molecular complexity index is 1140. The van der Waals surface area contributed by atoms with E-state index in [4.69, 9.17) is 4.42 Å². The number of fused-ring (bicyclic) bond motifs is 1. The molecule has 0 saturated carbocycles. The molecule has 1 aromatic carbocycles. The molecule has 0 unspecified atom stereocenters. The lowest BCUT2D eigenvalue weighted by Crippen LogP contribution is -2.24. The molecule has 8 nitrogen and oxygen atoms in total. The molecular weight excluding hydrogens is 360 g/mol. The lowest BCUT2D eigenvalue weighted by atomic mass is 10.1. The lowest BCUT2D eigenvalue weighted by Gasteiger charge is -2.16. The van der Waals surface area contributed by atoms with Gasteiger partial charge in [0.1, 0.15) is 17.5 Å². The number of aromatic nitrogens is 2. The SMILES string of the molecule is Cc1oc2ncn(C)c(=O)c2c1C(=O)Nc1cccc(CN2CCCC2=O)c1. The van der Waals surface area contributed by atoms with E-state index in [9.17, 15) is 14.4 Å². The quantitative estimate of drug-likeness (QED) is 0.748. The molecule has 2 aromatic heterocycles. The number of rotatable bonds is 4. The van der Waals surface area contributed by atoms with Gasteiger partial charge in [0.25, 0.3) is 11.5 Å². The minimum atomic E-state index is -0.434. The van der Waals surface area contributed by atoms with Crippen molar-refractivity contribution in [1.29, 1.82) is 0 Å². The molecule has 0 aliphatic carbocycles. The number of amides is 2. The normalized spacial score (nSPS) is 14.1. The molecular formula is C20H20N4O4. The van der Waals surface area contributed by atoms with Crippen LogP contribution in [0.25, 0.3) is 11.1 Å². The van der Waals surface area contributed by atoms with Crippen LogP contribution in [0.5, 0.6) is 0 Å². The van der Waals surface area contributed by atoms with Crippen molar-refractivity contribution in [3.8, 4) is 0 Å². The first-order chi connectivity index (χ1) is 13.4. The molecule has 2 amide bonds. The summed E-state index contributed by atoms with van der Waals surface area (Å²) in [5.41, 5.74) is 1.51. The smallest absolute Gasteiger partial charge is 0.265 e. The van der Waals surface area contributed by atoms with Crippen molar-refractivity contribution >= 4 is 28.6 Å². The summed E-state index contributed by atoms with van der Waals surface area (Å²) >= 11 is 0. The highest BCUT2D eigenvalue weighted by Crippen LogP contribution is 2.23. The van der Waals surface area contributed by atoms with Crippen molar-refractivity contribution in [3.05, 3.63) is 57.8 Å². The van der Waals surface area contributed by atoms with E-state index in [0.717, 1.165) is 18.5 Å². The highest BCUT2D eigenvalue weighted by Gasteiger charge is 2.23. The summed E-state index contributed by atoms with van der Waals surface area (Å²) in [6.45, 7) is 2.90. The van der Waals surface area contributed by atoms with Gasteiger partial charge in [0, 0.05) is 32.2 Å². The summed E-state index contributed by atoms with van der Waals surface area (Å²) in [5, 5.41) is 2.99. The molecule has 3 aromatic rings. The molecule has 1 saturated heterocycles. The second-order valence-corrected chi connectivity index (χ2v) is 6.95. The number of likely N-dealkylation sites (tertiary alicyclic amines) is 1. The summed E-state index contributed by atoms with van der Waals surface area (Å²) in [4.78, 5) is 43.0. The zero-order chi connectivity index (χ0) is 19.8. The van der Waals surface area contributed by atoms with Crippen LogP contribution in [0.2, 0.25) is 0 Å². The van der Waals surface area contributed by atoms with Crippen LogP contribution in [0.3, 0.4) is 0 Å². The van der Waals surface area contributed by atoms with Crippen LogP contribution in [-0.4, -0.2) is 32.8 Å². The standard InChI is InChI=1S/C20H20N4O4/c1-12-16(17-19(28-12)21-11-23(2)20(17)27)18(26)22-14-6-3-5-13(9-14)10-24-8-4-7-15(24)25/h3,5-6,9,11H,4,7-8,10H2,1-2H3,(H,22,26). The first kappa shape index (κ1) is 18.0. The number of hydrogen-bond acceptors (Lipinski definition) is 5. The van der Waals surface area contributed by atoms with Crippen molar-refractivity contribution < 1.29 is 14.0 Å². The molecule has 8 heteroatoms. The molecule has 0 spiro atoms. The third-order valence-electron chi connectivity index (χ3n) is 4.90. The summed E-state index contributed by atoms with van der Waals surface area (Å²) in [6.07, 6.45) is 2.83. The zero-order valence-corrected chi connectivity index (χ0v) is 15.7. The number of aryl methyl sites for hydroxylation is 2. The van der Waals surface area contributed by atoms with E-state index in [1.54, 1.807) is 20.0 Å². The predicted molar refractivity (Wildman–Crippen MR) is 103 cm³/mol. The fraction of sp³-hybridized carbons (Fsp3) is 0.300. The van der Waals surface area contributed by atoms with Gasteiger partial charge in [-0.1, -0.05) is 12.1 Å². The van der Waals surface area contributed by atoms with Crippen LogP contribution < -0.4 is 10.9 Å². The number of hydrogen-bond donors (Lipinski definition) is 1. The predicted octanol–water partition coefficient (Wildman–Crippen LogP) is 2.21. The van der Waals surface area contributed by atoms with Crippen LogP contribution in [-0.2, 0) is 18.4 Å². The third kappa shape index (κ3) is 3.17. The number of carbonyl (C=O) groups excluding carboxylic acids is 2. The molecule has 28 heavy (non-hydrogen) atoms. The van der Waals surface area contributed by atoms with Gasteiger partial charge >= 0.3 is 0 Å². The molecule has 1 N–H and O–H groups in total. The zero-order valence-electron chi connectivity index (χ0n) is 15.7. The van der Waals surface area contributed by atoms with E-state index in [0.29, 0.717) is 24.4 Å². The number of carbonyl (C=O) groups is 2. The lowest BCUT2D eigenvalue weighted by molar-refractivity contribution is -0.128. The molecule has 1 aliphatic rings. The molecule has 0 radical (unpaired) electrons. The van der Waals surface area contributed by atoms with Gasteiger partial charge in [-0.2, -0.15) is 0 Å². The van der Waals surface area contributed by atoms with Crippen molar-refractivity contribution in [2.75, 3.05) is 11.9 Å². The van der Waals surface area contributed by atoms with Gasteiger partial charge in [-0.05, 0) is 31.0 Å². The van der Waals surface area contributed by atoms with Gasteiger partial charge in [0.2, 0.25) is 11.6 Å². The van der Waals surface area contributed by atoms with Crippen LogP contribution in [0, 0.1) is 6.92 Å². The second kappa shape index (κ2) is 6.95. The topological polar surface area (TPSA) is 97.4 Å². The molecule has 1 aliphatic heterocycles. The van der Waals surface area contributed by atoms with Gasteiger partial charge in [-0.3, -0.25) is 14.4 Å². The number of anilines is 1. The van der Waals surface area contributed by atoms with E-state index in [1.165, 1.54) is 10.9 Å². The second-order valence-electron chi connectivity index (χ2n) is 6.95. The maximum atomic E-state index is 12.9. The number of nitrogens with one attached hydrogen (secondary N) is 1. The number of furan rings is 1. The number of benzene rings is 1. The summed E-state index contributed by atoms with van der Waals surface area (Å²) in [6, 6.07) is 7.34. The Labute approximate surface area is 160 Å². The van der Waals surface area contributed by atoms with Crippen molar-refractivity contribution in [3.63, 3.8) is 0 Å². The summed E-state index contributed by atoms with van der Waals surface area (Å²) in [5.74, 6) is 0.0520. The largest absolute Gasteiger partial charge is 0.442 e. The molecule has 4 rings (SSSR count). The van der Waals surface area contributed by atoms with Crippen LogP contribution >= 0.6 is 0 Å². The highest BCUT2D eigenvalue weighted by atomic mass is 16.3. The average Bonchev–Trinajstić information content (AvgIpc) is 3.21. The molecule has 144 valence electrons. The van der Waals surface area contributed by atoms with E-state index in [1.807, 2.05) is 23.1 Å². The Morgan fingerprint density at radius 2 is 2.14 bits per heavy atom. The monoisotopic (exact) mass is 380 g/mol. The minimum absolute atomic E-state index is 0.145. The summed E-state index contributed by atoms with van der Waals surface area (Å²) < 4.78 is 6.80. The third-order valence-corrected chi connectivity index (χ3v) is 4.90. The van der Waals surface area contributed by atoms with E-state index < -0.39 is 5.91 Å². The highest BCUT2D eigenvalue weighted by molar-refractivity contribution is 6.12. The van der Waals surface area contributed by atoms with Gasteiger partial charge in [0.15, 0.2) is 0 Å². The van der Waals surface area contributed by atoms with Crippen molar-refractivity contribution in [2.24, 2.45) is 7.05 Å². The van der Waals surface area contributed by atoms with E-state index in [-0.39, 0.29) is 28.1 Å². The van der Waals surface area contributed by atoms with Crippen LogP contribution in [0.1, 0.15) is 34.5 Å². The first-order valence-electron chi connectivity index (χ1n) is 9.07. The van der Waals surface area contributed by atoms with Gasteiger partial charge in [-0.25, -0.2) is 4.98 Å². The Kier molecular flexibility index (Phi) is 4.46. The van der Waals surface area contributed by atoms with Crippen LogP contribution in [0.4, 0.5) is 5.69 Å².